The number of benzene rings is 3. The molecular weight excluding hydrogens is 550 g/mol. The van der Waals surface area contributed by atoms with Gasteiger partial charge < -0.3 is 19.9 Å². The summed E-state index contributed by atoms with van der Waals surface area (Å²) in [6, 6.07) is 19.9. The predicted molar refractivity (Wildman–Crippen MR) is 169 cm³/mol. The first-order chi connectivity index (χ1) is 20.2. The van der Waals surface area contributed by atoms with Crippen LogP contribution in [0, 0.1) is 0 Å². The molecule has 6 rings (SSSR count). The molecule has 4 aromatic rings. The fourth-order valence-corrected chi connectivity index (χ4v) is 6.00. The average Bonchev–Trinajstić information content (AvgIpc) is 3.39. The van der Waals surface area contributed by atoms with Crippen LogP contribution in [0.3, 0.4) is 0 Å². The zero-order valence-electron chi connectivity index (χ0n) is 24.1. The van der Waals surface area contributed by atoms with Gasteiger partial charge in [0.05, 0.1) is 22.1 Å². The second-order valence-electron chi connectivity index (χ2n) is 11.7. The number of nitrogens with one attached hydrogen (secondary N) is 1. The Bertz CT molecular complexity index is 1650. The summed E-state index contributed by atoms with van der Waals surface area (Å²) in [5.41, 5.74) is 5.16. The van der Waals surface area contributed by atoms with Crippen LogP contribution in [0.2, 0.25) is 5.02 Å². The molecule has 9 heteroatoms. The van der Waals surface area contributed by atoms with Crippen LogP contribution in [0.1, 0.15) is 26.3 Å². The van der Waals surface area contributed by atoms with Gasteiger partial charge in [0.2, 0.25) is 0 Å². The van der Waals surface area contributed by atoms with Gasteiger partial charge in [-0.3, -0.25) is 9.88 Å². The maximum absolute atomic E-state index is 13.7. The summed E-state index contributed by atoms with van der Waals surface area (Å²) in [6.07, 6.45) is 4.00. The maximum Gasteiger partial charge on any atom is 0.410 e. The lowest BCUT2D eigenvalue weighted by molar-refractivity contribution is 0.0240. The summed E-state index contributed by atoms with van der Waals surface area (Å²) in [4.78, 5) is 36.0. The van der Waals surface area contributed by atoms with Crippen molar-refractivity contribution in [1.29, 1.82) is 0 Å². The Kier molecular flexibility index (Phi) is 7.41. The first-order valence-electron chi connectivity index (χ1n) is 14.2. The molecule has 1 aromatic heterocycles. The molecule has 1 N–H and O–H groups in total. The van der Waals surface area contributed by atoms with Gasteiger partial charge in [-0.2, -0.15) is 0 Å². The van der Waals surface area contributed by atoms with Crippen LogP contribution in [0.5, 0.6) is 0 Å². The Morgan fingerprint density at radius 3 is 2.33 bits per heavy atom. The molecule has 0 unspecified atom stereocenters. The monoisotopic (exact) mass is 583 g/mol. The van der Waals surface area contributed by atoms with E-state index in [9.17, 15) is 9.59 Å². The van der Waals surface area contributed by atoms with E-state index in [2.05, 4.69) is 27.3 Å². The van der Waals surface area contributed by atoms with Crippen molar-refractivity contribution < 1.29 is 14.3 Å². The lowest BCUT2D eigenvalue weighted by Gasteiger charge is -2.37. The fraction of sp³-hybridized carbons (Fsp3) is 0.303. The molecule has 216 valence electrons. The average molecular weight is 584 g/mol. The smallest absolute Gasteiger partial charge is 0.410 e. The van der Waals surface area contributed by atoms with E-state index in [4.69, 9.17) is 16.3 Å². The van der Waals surface area contributed by atoms with E-state index < -0.39 is 5.60 Å². The number of hydrogen-bond acceptors (Lipinski definition) is 5. The Hall–Kier alpha value is -4.30. The number of rotatable bonds is 3. The third kappa shape index (κ3) is 5.59. The van der Waals surface area contributed by atoms with Crippen LogP contribution in [-0.2, 0) is 11.2 Å². The molecule has 42 heavy (non-hydrogen) atoms. The van der Waals surface area contributed by atoms with Gasteiger partial charge in [0.25, 0.3) is 0 Å². The van der Waals surface area contributed by atoms with Crippen molar-refractivity contribution in [2.75, 3.05) is 47.8 Å². The SMILES string of the molecule is CC(C)(C)OC(=O)N1CCN(c2cc3c(cc2Cl)CCN3C(=O)Nc2cccc3c(-c4ccncc4)cccc23)CC1. The van der Waals surface area contributed by atoms with Crippen molar-refractivity contribution in [2.24, 2.45) is 0 Å². The highest BCUT2D eigenvalue weighted by Gasteiger charge is 2.30. The lowest BCUT2D eigenvalue weighted by atomic mass is 9.98. The van der Waals surface area contributed by atoms with Gasteiger partial charge in [0.1, 0.15) is 5.60 Å². The quantitative estimate of drug-likeness (QED) is 0.276. The van der Waals surface area contributed by atoms with Gasteiger partial charge in [-0.25, -0.2) is 9.59 Å². The molecule has 3 aromatic carbocycles. The topological polar surface area (TPSA) is 78.0 Å². The minimum atomic E-state index is -0.532. The summed E-state index contributed by atoms with van der Waals surface area (Å²) < 4.78 is 5.54. The number of hydrogen-bond donors (Lipinski definition) is 1. The Morgan fingerprint density at radius 1 is 0.881 bits per heavy atom. The van der Waals surface area contributed by atoms with Gasteiger partial charge in [0, 0.05) is 50.5 Å². The van der Waals surface area contributed by atoms with E-state index in [-0.39, 0.29) is 12.1 Å². The summed E-state index contributed by atoms with van der Waals surface area (Å²) in [5, 5.41) is 5.85. The van der Waals surface area contributed by atoms with E-state index >= 15 is 0 Å². The summed E-state index contributed by atoms with van der Waals surface area (Å²) in [5.74, 6) is 0. The third-order valence-corrected chi connectivity index (χ3v) is 8.02. The zero-order valence-corrected chi connectivity index (χ0v) is 24.8. The molecule has 3 amide bonds. The van der Waals surface area contributed by atoms with Crippen LogP contribution >= 0.6 is 11.6 Å². The molecule has 1 saturated heterocycles. The fourth-order valence-electron chi connectivity index (χ4n) is 5.69. The highest BCUT2D eigenvalue weighted by atomic mass is 35.5. The summed E-state index contributed by atoms with van der Waals surface area (Å²) in [6.45, 7) is 8.50. The van der Waals surface area contributed by atoms with Gasteiger partial charge >= 0.3 is 12.1 Å². The van der Waals surface area contributed by atoms with Gasteiger partial charge in [0.15, 0.2) is 0 Å². The Labute approximate surface area is 250 Å². The third-order valence-electron chi connectivity index (χ3n) is 7.72. The standard InChI is InChI=1S/C33H34ClN5O3/c1-33(2,3)42-32(41)38-18-16-37(17-19-38)30-21-29-23(20-27(30)34)12-15-39(29)31(40)36-28-9-5-7-25-24(6-4-8-26(25)28)22-10-13-35-14-11-22/h4-11,13-14,20-21H,12,15-19H2,1-3H3,(H,36,40). The molecule has 0 radical (unpaired) electrons. The first kappa shape index (κ1) is 27.8. The van der Waals surface area contributed by atoms with E-state index in [1.165, 1.54) is 0 Å². The van der Waals surface area contributed by atoms with Crippen molar-refractivity contribution >= 4 is 51.6 Å². The predicted octanol–water partition coefficient (Wildman–Crippen LogP) is 7.21. The maximum atomic E-state index is 13.7. The number of carbonyl (C=O) groups excluding carboxylic acids is 2. The van der Waals surface area contributed by atoms with E-state index in [1.807, 2.05) is 69.3 Å². The molecule has 8 nitrogen and oxygen atoms in total. The molecule has 2 aliphatic rings. The second-order valence-corrected chi connectivity index (χ2v) is 12.1. The normalized spacial score (nSPS) is 15.1. The minimum Gasteiger partial charge on any atom is -0.444 e. The molecule has 0 bridgehead atoms. The van der Waals surface area contributed by atoms with Gasteiger partial charge in [-0.1, -0.05) is 41.9 Å². The van der Waals surface area contributed by atoms with Crippen molar-refractivity contribution in [1.82, 2.24) is 9.88 Å². The lowest BCUT2D eigenvalue weighted by Crippen LogP contribution is -2.50. The molecule has 0 atom stereocenters. The van der Waals surface area contributed by atoms with E-state index in [0.29, 0.717) is 37.7 Å². The molecular formula is C33H34ClN5O3. The van der Waals surface area contributed by atoms with Crippen LogP contribution in [-0.4, -0.2) is 60.3 Å². The van der Waals surface area contributed by atoms with Crippen molar-refractivity contribution in [3.05, 3.63) is 83.6 Å². The largest absolute Gasteiger partial charge is 0.444 e. The number of urea groups is 1. The number of anilines is 3. The number of fused-ring (bicyclic) bond motifs is 2. The van der Waals surface area contributed by atoms with Crippen molar-refractivity contribution in [2.45, 2.75) is 32.8 Å². The number of pyridine rings is 1. The Morgan fingerprint density at radius 2 is 1.60 bits per heavy atom. The summed E-state index contributed by atoms with van der Waals surface area (Å²) in [7, 11) is 0. The minimum absolute atomic E-state index is 0.182. The second kappa shape index (κ2) is 11.2. The number of nitrogens with zero attached hydrogens (tertiary/aromatic N) is 4. The van der Waals surface area contributed by atoms with Gasteiger partial charge in [-0.15, -0.1) is 0 Å². The number of ether oxygens (including phenoxy) is 1. The van der Waals surface area contributed by atoms with Crippen molar-refractivity contribution in [3.63, 3.8) is 0 Å². The molecule has 0 aliphatic carbocycles. The van der Waals surface area contributed by atoms with Crippen LogP contribution in [0.15, 0.2) is 73.1 Å². The number of carbonyl (C=O) groups is 2. The molecule has 0 saturated carbocycles. The first-order valence-corrected chi connectivity index (χ1v) is 14.6. The highest BCUT2D eigenvalue weighted by Crippen LogP contribution is 2.39. The highest BCUT2D eigenvalue weighted by molar-refractivity contribution is 6.33. The van der Waals surface area contributed by atoms with Crippen molar-refractivity contribution in [3.8, 4) is 11.1 Å². The van der Waals surface area contributed by atoms with E-state index in [1.54, 1.807) is 22.2 Å². The van der Waals surface area contributed by atoms with Gasteiger partial charge in [-0.05, 0) is 79.6 Å². The van der Waals surface area contributed by atoms with Crippen LogP contribution in [0.4, 0.5) is 26.7 Å². The number of piperazine rings is 1. The Balaban J connectivity index is 1.21. The number of aromatic nitrogens is 1. The number of halogens is 1. The zero-order chi connectivity index (χ0) is 29.4. The summed E-state index contributed by atoms with van der Waals surface area (Å²) >= 11 is 6.75. The number of amides is 3. The van der Waals surface area contributed by atoms with E-state index in [0.717, 1.165) is 50.9 Å². The molecule has 1 fully saturated rings. The van der Waals surface area contributed by atoms with Crippen LogP contribution in [0.25, 0.3) is 21.9 Å². The molecule has 3 heterocycles. The van der Waals surface area contributed by atoms with Crippen LogP contribution < -0.4 is 15.1 Å². The molecule has 2 aliphatic heterocycles. The molecule has 0 spiro atoms.